The number of carbonyl (C=O) groups excluding carboxylic acids is 1. The van der Waals surface area contributed by atoms with E-state index in [0.29, 0.717) is 22.2 Å². The molecule has 2 heterocycles. The normalized spacial score (nSPS) is 11.2. The number of benzene rings is 2. The third kappa shape index (κ3) is 2.62. The maximum atomic E-state index is 11.6. The molecule has 26 heavy (non-hydrogen) atoms. The number of primary amides is 1. The number of ether oxygens (including phenoxy) is 1. The largest absolute Gasteiger partial charge is 0.424 e. The van der Waals surface area contributed by atoms with E-state index >= 15 is 0 Å². The van der Waals surface area contributed by atoms with E-state index in [1.54, 1.807) is 48.3 Å². The summed E-state index contributed by atoms with van der Waals surface area (Å²) in [5.41, 5.74) is 7.60. The summed E-state index contributed by atoms with van der Waals surface area (Å²) in [5.74, 6) is -0.0767. The van der Waals surface area contributed by atoms with Gasteiger partial charge in [0.15, 0.2) is 5.69 Å². The fourth-order valence-electron chi connectivity index (χ4n) is 2.88. The van der Waals surface area contributed by atoms with Crippen LogP contribution in [0.2, 0.25) is 0 Å². The summed E-state index contributed by atoms with van der Waals surface area (Å²) >= 11 is 0. The summed E-state index contributed by atoms with van der Waals surface area (Å²) in [7, 11) is 1.72. The summed E-state index contributed by atoms with van der Waals surface area (Å²) in [4.78, 5) is 20.3. The van der Waals surface area contributed by atoms with Crippen molar-refractivity contribution in [2.24, 2.45) is 12.8 Å². The van der Waals surface area contributed by atoms with Gasteiger partial charge in [0.1, 0.15) is 11.3 Å². The zero-order valence-corrected chi connectivity index (χ0v) is 13.9. The van der Waals surface area contributed by atoms with Crippen LogP contribution >= 0.6 is 0 Å². The van der Waals surface area contributed by atoms with Crippen molar-refractivity contribution in [3.8, 4) is 11.8 Å². The molecule has 4 rings (SSSR count). The third-order valence-electron chi connectivity index (χ3n) is 4.06. The Balaban J connectivity index is 1.85. The number of aliphatic hydroxyl groups is 1. The number of fused-ring (bicyclic) bond motifs is 3. The molecule has 2 aromatic heterocycles. The van der Waals surface area contributed by atoms with Crippen LogP contribution in [0.1, 0.15) is 16.1 Å². The molecule has 0 spiro atoms. The van der Waals surface area contributed by atoms with E-state index in [0.717, 1.165) is 10.9 Å². The SMILES string of the molecule is Cn1nc(C(N)=O)c2ccc3cnc(Oc4cccc(CO)c4)nc3c21. The lowest BCUT2D eigenvalue weighted by Gasteiger charge is -2.07. The van der Waals surface area contributed by atoms with Gasteiger partial charge in [0.25, 0.3) is 5.91 Å². The molecule has 0 atom stereocenters. The molecule has 3 N–H and O–H groups in total. The third-order valence-corrected chi connectivity index (χ3v) is 4.06. The first-order chi connectivity index (χ1) is 12.6. The highest BCUT2D eigenvalue weighted by atomic mass is 16.5. The minimum absolute atomic E-state index is 0.0820. The van der Waals surface area contributed by atoms with Gasteiger partial charge in [-0.15, -0.1) is 0 Å². The van der Waals surface area contributed by atoms with E-state index in [-0.39, 0.29) is 18.3 Å². The molecule has 8 nitrogen and oxygen atoms in total. The van der Waals surface area contributed by atoms with E-state index in [1.165, 1.54) is 0 Å². The Labute approximate surface area is 147 Å². The number of aliphatic hydroxyl groups excluding tert-OH is 1. The molecule has 0 aliphatic carbocycles. The monoisotopic (exact) mass is 349 g/mol. The second kappa shape index (κ2) is 6.08. The van der Waals surface area contributed by atoms with E-state index in [9.17, 15) is 9.90 Å². The minimum atomic E-state index is -0.596. The van der Waals surface area contributed by atoms with Crippen molar-refractivity contribution in [1.82, 2.24) is 19.7 Å². The molecule has 0 aliphatic rings. The molecule has 0 saturated carbocycles. The fraction of sp³-hybridized carbons (Fsp3) is 0.111. The number of aryl methyl sites for hydroxylation is 1. The van der Waals surface area contributed by atoms with Crippen LogP contribution in [0.15, 0.2) is 42.6 Å². The van der Waals surface area contributed by atoms with Crippen LogP contribution < -0.4 is 10.5 Å². The van der Waals surface area contributed by atoms with Gasteiger partial charge < -0.3 is 15.6 Å². The highest BCUT2D eigenvalue weighted by molar-refractivity contribution is 6.11. The standard InChI is InChI=1S/C18H15N5O3/c1-23-16-13(15(22-23)17(19)25)6-5-11-8-20-18(21-14(11)16)26-12-4-2-3-10(7-12)9-24/h2-8,24H,9H2,1H3,(H2,19,25). The van der Waals surface area contributed by atoms with Crippen molar-refractivity contribution >= 4 is 27.7 Å². The molecular formula is C18H15N5O3. The van der Waals surface area contributed by atoms with Gasteiger partial charge in [-0.2, -0.15) is 10.1 Å². The Morgan fingerprint density at radius 1 is 1.31 bits per heavy atom. The lowest BCUT2D eigenvalue weighted by atomic mass is 10.1. The number of hydrogen-bond donors (Lipinski definition) is 2. The van der Waals surface area contributed by atoms with Gasteiger partial charge in [-0.1, -0.05) is 18.2 Å². The Kier molecular flexibility index (Phi) is 3.74. The summed E-state index contributed by atoms with van der Waals surface area (Å²) in [6.07, 6.45) is 1.64. The van der Waals surface area contributed by atoms with Crippen LogP contribution in [0.4, 0.5) is 0 Å². The lowest BCUT2D eigenvalue weighted by molar-refractivity contribution is 0.0996. The van der Waals surface area contributed by atoms with Crippen molar-refractivity contribution in [3.63, 3.8) is 0 Å². The number of hydrogen-bond acceptors (Lipinski definition) is 6. The Morgan fingerprint density at radius 3 is 2.92 bits per heavy atom. The minimum Gasteiger partial charge on any atom is -0.424 e. The van der Waals surface area contributed by atoms with Gasteiger partial charge in [0, 0.05) is 24.0 Å². The summed E-state index contributed by atoms with van der Waals surface area (Å²) in [5, 5.41) is 14.8. The number of rotatable bonds is 4. The molecule has 2 aromatic carbocycles. The smallest absolute Gasteiger partial charge is 0.322 e. The van der Waals surface area contributed by atoms with Crippen LogP contribution in [0.5, 0.6) is 11.8 Å². The molecule has 0 aliphatic heterocycles. The van der Waals surface area contributed by atoms with Gasteiger partial charge in [-0.3, -0.25) is 9.48 Å². The fourth-order valence-corrected chi connectivity index (χ4v) is 2.88. The van der Waals surface area contributed by atoms with Gasteiger partial charge in [0.2, 0.25) is 0 Å². The van der Waals surface area contributed by atoms with Crippen molar-refractivity contribution in [1.29, 1.82) is 0 Å². The second-order valence-corrected chi connectivity index (χ2v) is 5.80. The van der Waals surface area contributed by atoms with Gasteiger partial charge in [0.05, 0.1) is 12.1 Å². The van der Waals surface area contributed by atoms with Crippen molar-refractivity contribution in [3.05, 3.63) is 53.9 Å². The lowest BCUT2D eigenvalue weighted by Crippen LogP contribution is -2.12. The Bertz CT molecular complexity index is 1150. The van der Waals surface area contributed by atoms with E-state index in [2.05, 4.69) is 15.1 Å². The molecule has 0 bridgehead atoms. The molecule has 0 saturated heterocycles. The van der Waals surface area contributed by atoms with Crippen molar-refractivity contribution < 1.29 is 14.6 Å². The number of amides is 1. The molecule has 130 valence electrons. The quantitative estimate of drug-likeness (QED) is 0.581. The highest BCUT2D eigenvalue weighted by Crippen LogP contribution is 2.28. The predicted molar refractivity (Wildman–Crippen MR) is 94.8 cm³/mol. The van der Waals surface area contributed by atoms with Gasteiger partial charge in [-0.25, -0.2) is 4.98 Å². The maximum Gasteiger partial charge on any atom is 0.322 e. The Hall–Kier alpha value is -3.52. The van der Waals surface area contributed by atoms with E-state index in [1.807, 2.05) is 6.07 Å². The Morgan fingerprint density at radius 2 is 2.15 bits per heavy atom. The summed E-state index contributed by atoms with van der Waals surface area (Å²) in [6, 6.07) is 10.8. The van der Waals surface area contributed by atoms with Gasteiger partial charge in [-0.05, 0) is 23.8 Å². The first-order valence-electron chi connectivity index (χ1n) is 7.87. The van der Waals surface area contributed by atoms with Crippen LogP contribution in [0.3, 0.4) is 0 Å². The molecular weight excluding hydrogens is 334 g/mol. The van der Waals surface area contributed by atoms with Crippen molar-refractivity contribution in [2.75, 3.05) is 0 Å². The van der Waals surface area contributed by atoms with Gasteiger partial charge >= 0.3 is 6.01 Å². The van der Waals surface area contributed by atoms with Crippen LogP contribution in [-0.4, -0.2) is 30.8 Å². The van der Waals surface area contributed by atoms with Crippen LogP contribution in [0, 0.1) is 0 Å². The van der Waals surface area contributed by atoms with Crippen LogP contribution in [-0.2, 0) is 13.7 Å². The maximum absolute atomic E-state index is 11.6. The number of nitrogens with zero attached hydrogens (tertiary/aromatic N) is 4. The van der Waals surface area contributed by atoms with Crippen molar-refractivity contribution in [2.45, 2.75) is 6.61 Å². The van der Waals surface area contributed by atoms with Crippen LogP contribution in [0.25, 0.3) is 21.8 Å². The van der Waals surface area contributed by atoms with E-state index < -0.39 is 5.91 Å². The molecule has 4 aromatic rings. The van der Waals surface area contributed by atoms with E-state index in [4.69, 9.17) is 10.5 Å². The molecule has 0 fully saturated rings. The molecule has 8 heteroatoms. The first kappa shape index (κ1) is 16.0. The molecule has 0 radical (unpaired) electrons. The number of nitrogens with two attached hydrogens (primary N) is 1. The summed E-state index contributed by atoms with van der Waals surface area (Å²) in [6.45, 7) is -0.0820. The summed E-state index contributed by atoms with van der Waals surface area (Å²) < 4.78 is 7.29. The zero-order valence-electron chi connectivity index (χ0n) is 13.9. The second-order valence-electron chi connectivity index (χ2n) is 5.80. The number of carbonyl (C=O) groups is 1. The predicted octanol–water partition coefficient (Wildman–Crippen LogP) is 1.90. The average molecular weight is 349 g/mol. The number of aromatic nitrogens is 4. The highest BCUT2D eigenvalue weighted by Gasteiger charge is 2.17. The average Bonchev–Trinajstić information content (AvgIpc) is 2.99. The zero-order chi connectivity index (χ0) is 18.3. The topological polar surface area (TPSA) is 116 Å². The first-order valence-corrected chi connectivity index (χ1v) is 7.87. The molecule has 0 unspecified atom stereocenters. The molecule has 1 amide bonds.